The number of imidazole rings is 1. The number of amides is 1. The second kappa shape index (κ2) is 10.5. The van der Waals surface area contributed by atoms with Crippen molar-refractivity contribution in [3.05, 3.63) is 87.0 Å². The highest BCUT2D eigenvalue weighted by molar-refractivity contribution is 7.93. The third-order valence-electron chi connectivity index (χ3n) is 8.20. The van der Waals surface area contributed by atoms with Gasteiger partial charge in [0.1, 0.15) is 17.2 Å². The summed E-state index contributed by atoms with van der Waals surface area (Å²) in [6.45, 7) is 11.6. The Labute approximate surface area is 256 Å². The third-order valence-corrected chi connectivity index (χ3v) is 10.1. The van der Waals surface area contributed by atoms with Crippen LogP contribution in [0.4, 0.5) is 9.18 Å². The number of ether oxygens (including phenoxy) is 1. The Kier molecular flexibility index (Phi) is 7.10. The van der Waals surface area contributed by atoms with Crippen molar-refractivity contribution >= 4 is 15.8 Å². The fraction of sp³-hybridized carbons (Fsp3) is 0.406. The van der Waals surface area contributed by atoms with Gasteiger partial charge in [0.05, 0.1) is 44.3 Å². The summed E-state index contributed by atoms with van der Waals surface area (Å²) < 4.78 is 42.3. The summed E-state index contributed by atoms with van der Waals surface area (Å²) >= 11 is 0. The highest BCUT2D eigenvalue weighted by Crippen LogP contribution is 2.36. The average Bonchev–Trinajstić information content (AvgIpc) is 3.51. The highest BCUT2D eigenvalue weighted by Gasteiger charge is 2.37. The summed E-state index contributed by atoms with van der Waals surface area (Å²) in [4.78, 5) is 29.8. The quantitative estimate of drug-likeness (QED) is 0.304. The standard InChI is InChI=1S/C32H37FN6O4S/c1-19-16-24(17-20(2)28(19)33)39-29(27-21(3)36(13-11-25(27)35-39)31(41)43-32(4,5)6)38-15-14-37(30(38)40)23-8-9-26-22(18-23)10-12-34-44(26,7)42/h8-9,14-18,21H,10-13H2,1-7H3/t21-,44?/m0/s1. The normalized spacial score (nSPS) is 19.7. The molecule has 4 aromatic rings. The van der Waals surface area contributed by atoms with Gasteiger partial charge in [-0.1, -0.05) is 0 Å². The number of rotatable bonds is 3. The van der Waals surface area contributed by atoms with Gasteiger partial charge in [0.2, 0.25) is 0 Å². The molecule has 0 aliphatic carbocycles. The van der Waals surface area contributed by atoms with E-state index in [0.29, 0.717) is 59.1 Å². The number of nitrogens with zero attached hydrogens (tertiary/aromatic N) is 6. The van der Waals surface area contributed by atoms with Gasteiger partial charge in [-0.2, -0.15) is 5.10 Å². The summed E-state index contributed by atoms with van der Waals surface area (Å²) in [5.74, 6) is 0.180. The molecule has 2 aliphatic rings. The molecule has 0 bridgehead atoms. The number of carbonyl (C=O) groups is 1. The van der Waals surface area contributed by atoms with Gasteiger partial charge in [0, 0.05) is 37.2 Å². The van der Waals surface area contributed by atoms with E-state index in [9.17, 15) is 18.2 Å². The van der Waals surface area contributed by atoms with Crippen LogP contribution in [0.5, 0.6) is 0 Å². The molecule has 2 atom stereocenters. The Morgan fingerprint density at radius 2 is 1.73 bits per heavy atom. The van der Waals surface area contributed by atoms with E-state index < -0.39 is 27.5 Å². The third kappa shape index (κ3) is 5.04. The first-order valence-electron chi connectivity index (χ1n) is 14.7. The van der Waals surface area contributed by atoms with E-state index in [1.54, 1.807) is 66.3 Å². The molecule has 10 nitrogen and oxygen atoms in total. The van der Waals surface area contributed by atoms with Crippen molar-refractivity contribution in [3.8, 4) is 17.2 Å². The van der Waals surface area contributed by atoms with Crippen LogP contribution in [0.1, 0.15) is 61.7 Å². The molecule has 0 fully saturated rings. The first-order chi connectivity index (χ1) is 20.7. The molecule has 4 heterocycles. The second-order valence-electron chi connectivity index (χ2n) is 12.6. The van der Waals surface area contributed by atoms with Gasteiger partial charge in [0.15, 0.2) is 0 Å². The van der Waals surface area contributed by atoms with Gasteiger partial charge >= 0.3 is 11.8 Å². The Bertz CT molecular complexity index is 1980. The summed E-state index contributed by atoms with van der Waals surface area (Å²) in [7, 11) is -2.47. The van der Waals surface area contributed by atoms with Gasteiger partial charge in [-0.3, -0.25) is 9.13 Å². The number of hydrogen-bond acceptors (Lipinski definition) is 6. The molecule has 232 valence electrons. The van der Waals surface area contributed by atoms with E-state index in [1.807, 2.05) is 33.8 Å². The van der Waals surface area contributed by atoms with E-state index in [-0.39, 0.29) is 11.5 Å². The van der Waals surface area contributed by atoms with Crippen molar-refractivity contribution in [2.45, 2.75) is 70.9 Å². The topological polar surface area (TPSA) is 104 Å². The number of halogens is 1. The molecule has 0 spiro atoms. The van der Waals surface area contributed by atoms with Crippen LogP contribution >= 0.6 is 0 Å². The Balaban J connectivity index is 1.52. The van der Waals surface area contributed by atoms with Crippen molar-refractivity contribution < 1.29 is 18.1 Å². The first-order valence-corrected chi connectivity index (χ1v) is 16.6. The smallest absolute Gasteiger partial charge is 0.410 e. The van der Waals surface area contributed by atoms with Crippen LogP contribution in [-0.4, -0.2) is 59.1 Å². The Morgan fingerprint density at radius 1 is 1.05 bits per heavy atom. The molecule has 44 heavy (non-hydrogen) atoms. The van der Waals surface area contributed by atoms with Crippen molar-refractivity contribution in [2.75, 3.05) is 19.3 Å². The minimum atomic E-state index is -2.47. The zero-order valence-corrected chi connectivity index (χ0v) is 26.9. The second-order valence-corrected chi connectivity index (χ2v) is 14.9. The van der Waals surface area contributed by atoms with E-state index in [0.717, 1.165) is 16.8 Å². The van der Waals surface area contributed by atoms with Gasteiger partial charge in [-0.05, 0) is 95.0 Å². The van der Waals surface area contributed by atoms with Crippen molar-refractivity contribution in [1.29, 1.82) is 0 Å². The minimum Gasteiger partial charge on any atom is -0.444 e. The van der Waals surface area contributed by atoms with Crippen LogP contribution in [-0.2, 0) is 27.3 Å². The molecule has 0 N–H and O–H groups in total. The Hall–Kier alpha value is -4.19. The molecule has 2 aromatic heterocycles. The van der Waals surface area contributed by atoms with E-state index in [2.05, 4.69) is 4.36 Å². The number of aromatic nitrogens is 4. The van der Waals surface area contributed by atoms with Crippen LogP contribution < -0.4 is 5.69 Å². The van der Waals surface area contributed by atoms with Crippen molar-refractivity contribution in [2.24, 2.45) is 4.36 Å². The molecule has 2 aromatic carbocycles. The predicted octanol–water partition coefficient (Wildman–Crippen LogP) is 5.44. The van der Waals surface area contributed by atoms with Crippen LogP contribution in [0, 0.1) is 19.7 Å². The molecule has 1 unspecified atom stereocenters. The number of fused-ring (bicyclic) bond motifs is 2. The lowest BCUT2D eigenvalue weighted by Crippen LogP contribution is -2.42. The molecule has 0 radical (unpaired) electrons. The molecular formula is C32H37FN6O4S. The van der Waals surface area contributed by atoms with Crippen LogP contribution in [0.15, 0.2) is 56.8 Å². The lowest BCUT2D eigenvalue weighted by molar-refractivity contribution is 0.0159. The molecule has 0 saturated heterocycles. The predicted molar refractivity (Wildman–Crippen MR) is 166 cm³/mol. The van der Waals surface area contributed by atoms with E-state index in [4.69, 9.17) is 9.84 Å². The number of aryl methyl sites for hydroxylation is 2. The van der Waals surface area contributed by atoms with Crippen molar-refractivity contribution in [1.82, 2.24) is 23.8 Å². The molecule has 1 amide bonds. The molecule has 6 rings (SSSR count). The van der Waals surface area contributed by atoms with Gasteiger partial charge < -0.3 is 9.64 Å². The van der Waals surface area contributed by atoms with Gasteiger partial charge in [-0.15, -0.1) is 0 Å². The minimum absolute atomic E-state index is 0.295. The monoisotopic (exact) mass is 620 g/mol. The molecule has 2 aliphatic heterocycles. The zero-order chi connectivity index (χ0) is 31.7. The first kappa shape index (κ1) is 29.9. The maximum Gasteiger partial charge on any atom is 0.410 e. The number of carbonyl (C=O) groups excluding carboxylic acids is 1. The molecule has 12 heteroatoms. The summed E-state index contributed by atoms with van der Waals surface area (Å²) in [6, 6.07) is 8.42. The number of benzene rings is 2. The van der Waals surface area contributed by atoms with Crippen LogP contribution in [0.3, 0.4) is 0 Å². The fourth-order valence-electron chi connectivity index (χ4n) is 6.11. The number of hydrogen-bond donors (Lipinski definition) is 0. The fourth-order valence-corrected chi connectivity index (χ4v) is 7.65. The summed E-state index contributed by atoms with van der Waals surface area (Å²) in [5.41, 5.74) is 3.53. The largest absolute Gasteiger partial charge is 0.444 e. The highest BCUT2D eigenvalue weighted by atomic mass is 32.2. The summed E-state index contributed by atoms with van der Waals surface area (Å²) in [6.07, 6.45) is 5.66. The zero-order valence-electron chi connectivity index (χ0n) is 26.0. The van der Waals surface area contributed by atoms with E-state index >= 15 is 0 Å². The van der Waals surface area contributed by atoms with Crippen LogP contribution in [0.2, 0.25) is 0 Å². The van der Waals surface area contributed by atoms with Crippen molar-refractivity contribution in [3.63, 3.8) is 0 Å². The lowest BCUT2D eigenvalue weighted by Gasteiger charge is -2.34. The van der Waals surface area contributed by atoms with Crippen LogP contribution in [0.25, 0.3) is 17.2 Å². The maximum atomic E-state index is 14.7. The maximum absolute atomic E-state index is 14.7. The summed E-state index contributed by atoms with van der Waals surface area (Å²) in [5, 5.41) is 4.93. The molecule has 0 saturated carbocycles. The van der Waals surface area contributed by atoms with Gasteiger partial charge in [0.25, 0.3) is 0 Å². The lowest BCUT2D eigenvalue weighted by atomic mass is 10.00. The van der Waals surface area contributed by atoms with Gasteiger partial charge in [-0.25, -0.2) is 27.2 Å². The average molecular weight is 621 g/mol. The SMILES string of the molecule is Cc1cc(-n2nc3c(c2-n2ccn(-c4ccc5c(c4)CCN=S5(C)=O)c2=O)[C@H](C)N(C(=O)OC(C)(C)C)CC3)cc(C)c1F. The van der Waals surface area contributed by atoms with E-state index in [1.165, 1.54) is 9.13 Å². The Morgan fingerprint density at radius 3 is 2.41 bits per heavy atom. The molecular weight excluding hydrogens is 583 g/mol.